The maximum Gasteiger partial charge on any atom is 0.307 e. The number of nitrogens with zero attached hydrogens (tertiary/aromatic N) is 1. The number of rotatable bonds is 4. The molecule has 1 heterocycles. The molecule has 0 fully saturated rings. The third kappa shape index (κ3) is 3.55. The summed E-state index contributed by atoms with van der Waals surface area (Å²) in [6.07, 6.45) is 3.76. The fourth-order valence-corrected chi connectivity index (χ4v) is 0.881. The van der Waals surface area contributed by atoms with Crippen LogP contribution in [0.2, 0.25) is 0 Å². The van der Waals surface area contributed by atoms with Gasteiger partial charge in [-0.25, -0.2) is 0 Å². The second kappa shape index (κ2) is 5.13. The molecule has 0 saturated heterocycles. The van der Waals surface area contributed by atoms with Crippen molar-refractivity contribution < 1.29 is 9.53 Å². The van der Waals surface area contributed by atoms with Gasteiger partial charge in [-0.05, 0) is 12.1 Å². The smallest absolute Gasteiger partial charge is 0.307 e. The van der Waals surface area contributed by atoms with Crippen LogP contribution in [0.4, 0.5) is 5.69 Å². The topological polar surface area (TPSA) is 51.2 Å². The van der Waals surface area contributed by atoms with Crippen LogP contribution >= 0.6 is 0 Å². The second-order valence-electron chi connectivity index (χ2n) is 2.49. The van der Waals surface area contributed by atoms with Gasteiger partial charge < -0.3 is 10.1 Å². The number of anilines is 1. The molecular formula is C9H12N2O2. The van der Waals surface area contributed by atoms with Gasteiger partial charge in [0.15, 0.2) is 0 Å². The molecule has 0 unspecified atom stereocenters. The van der Waals surface area contributed by atoms with Gasteiger partial charge in [-0.15, -0.1) is 0 Å². The summed E-state index contributed by atoms with van der Waals surface area (Å²) in [4.78, 5) is 14.6. The van der Waals surface area contributed by atoms with Crippen LogP contribution in [0.5, 0.6) is 0 Å². The molecule has 1 aromatic rings. The molecule has 1 aromatic heterocycles. The minimum Gasteiger partial charge on any atom is -0.469 e. The summed E-state index contributed by atoms with van der Waals surface area (Å²) in [6.45, 7) is 0.580. The van der Waals surface area contributed by atoms with Crippen molar-refractivity contribution in [3.8, 4) is 0 Å². The molecule has 0 atom stereocenters. The zero-order valence-corrected chi connectivity index (χ0v) is 7.49. The predicted molar refractivity (Wildman–Crippen MR) is 49.4 cm³/mol. The lowest BCUT2D eigenvalue weighted by atomic mass is 10.3. The number of ether oxygens (including phenoxy) is 1. The number of hydrogen-bond acceptors (Lipinski definition) is 4. The zero-order valence-electron chi connectivity index (χ0n) is 7.49. The van der Waals surface area contributed by atoms with E-state index >= 15 is 0 Å². The molecule has 0 amide bonds. The highest BCUT2D eigenvalue weighted by atomic mass is 16.5. The van der Waals surface area contributed by atoms with Crippen molar-refractivity contribution in [2.24, 2.45) is 0 Å². The first-order chi connectivity index (χ1) is 6.33. The molecule has 1 rings (SSSR count). The van der Waals surface area contributed by atoms with Gasteiger partial charge >= 0.3 is 5.97 Å². The van der Waals surface area contributed by atoms with Gasteiger partial charge in [-0.3, -0.25) is 9.78 Å². The van der Waals surface area contributed by atoms with Crippen LogP contribution in [-0.4, -0.2) is 24.6 Å². The van der Waals surface area contributed by atoms with Crippen molar-refractivity contribution in [1.29, 1.82) is 0 Å². The molecule has 0 aliphatic carbocycles. The van der Waals surface area contributed by atoms with Crippen molar-refractivity contribution in [3.05, 3.63) is 24.5 Å². The van der Waals surface area contributed by atoms with E-state index in [1.807, 2.05) is 12.1 Å². The summed E-state index contributed by atoms with van der Waals surface area (Å²) in [5.41, 5.74) is 0.957. The Morgan fingerprint density at radius 1 is 1.54 bits per heavy atom. The van der Waals surface area contributed by atoms with Crippen molar-refractivity contribution in [2.45, 2.75) is 6.42 Å². The lowest BCUT2D eigenvalue weighted by molar-refractivity contribution is -0.140. The minimum atomic E-state index is -0.207. The summed E-state index contributed by atoms with van der Waals surface area (Å²) < 4.78 is 4.50. The molecule has 1 N–H and O–H groups in total. The molecule has 70 valence electrons. The Bertz CT molecular complexity index is 262. The average Bonchev–Trinajstić information content (AvgIpc) is 2.19. The van der Waals surface area contributed by atoms with E-state index in [1.165, 1.54) is 7.11 Å². The Hall–Kier alpha value is -1.58. The lowest BCUT2D eigenvalue weighted by Gasteiger charge is -2.03. The average molecular weight is 180 g/mol. The molecule has 4 heteroatoms. The van der Waals surface area contributed by atoms with E-state index in [4.69, 9.17) is 0 Å². The predicted octanol–water partition coefficient (Wildman–Crippen LogP) is 1.06. The highest BCUT2D eigenvalue weighted by molar-refractivity contribution is 5.69. The van der Waals surface area contributed by atoms with Gasteiger partial charge in [0.25, 0.3) is 0 Å². The van der Waals surface area contributed by atoms with Crippen LogP contribution in [0.1, 0.15) is 6.42 Å². The van der Waals surface area contributed by atoms with E-state index in [9.17, 15) is 4.79 Å². The van der Waals surface area contributed by atoms with E-state index in [0.29, 0.717) is 13.0 Å². The molecule has 0 radical (unpaired) electrons. The van der Waals surface area contributed by atoms with E-state index in [2.05, 4.69) is 15.0 Å². The highest BCUT2D eigenvalue weighted by Crippen LogP contribution is 2.02. The maximum atomic E-state index is 10.7. The van der Waals surface area contributed by atoms with Crippen LogP contribution in [0.15, 0.2) is 24.5 Å². The number of nitrogens with one attached hydrogen (secondary N) is 1. The Morgan fingerprint density at radius 3 is 2.85 bits per heavy atom. The van der Waals surface area contributed by atoms with Gasteiger partial charge in [0, 0.05) is 24.6 Å². The second-order valence-corrected chi connectivity index (χ2v) is 2.49. The van der Waals surface area contributed by atoms with Crippen molar-refractivity contribution >= 4 is 11.7 Å². The van der Waals surface area contributed by atoms with E-state index in [-0.39, 0.29) is 5.97 Å². The molecular weight excluding hydrogens is 168 g/mol. The maximum absolute atomic E-state index is 10.7. The number of aromatic nitrogens is 1. The largest absolute Gasteiger partial charge is 0.469 e. The van der Waals surface area contributed by atoms with Crippen molar-refractivity contribution in [3.63, 3.8) is 0 Å². The summed E-state index contributed by atoms with van der Waals surface area (Å²) in [5.74, 6) is -0.207. The molecule has 13 heavy (non-hydrogen) atoms. The van der Waals surface area contributed by atoms with Gasteiger partial charge in [0.1, 0.15) is 0 Å². The number of carbonyl (C=O) groups is 1. The van der Waals surface area contributed by atoms with Gasteiger partial charge in [0.2, 0.25) is 0 Å². The van der Waals surface area contributed by atoms with Crippen LogP contribution in [0, 0.1) is 0 Å². The first-order valence-corrected chi connectivity index (χ1v) is 4.03. The Morgan fingerprint density at radius 2 is 2.23 bits per heavy atom. The monoisotopic (exact) mass is 180 g/mol. The summed E-state index contributed by atoms with van der Waals surface area (Å²) in [7, 11) is 1.38. The quantitative estimate of drug-likeness (QED) is 0.704. The van der Waals surface area contributed by atoms with E-state index < -0.39 is 0 Å². The number of methoxy groups -OCH3 is 1. The van der Waals surface area contributed by atoms with Crippen molar-refractivity contribution in [2.75, 3.05) is 19.0 Å². The molecule has 4 nitrogen and oxygen atoms in total. The first-order valence-electron chi connectivity index (χ1n) is 4.03. The third-order valence-electron chi connectivity index (χ3n) is 1.57. The van der Waals surface area contributed by atoms with E-state index in [1.54, 1.807) is 12.4 Å². The van der Waals surface area contributed by atoms with Crippen LogP contribution in [-0.2, 0) is 9.53 Å². The molecule has 0 saturated carbocycles. The lowest BCUT2D eigenvalue weighted by Crippen LogP contribution is -2.09. The summed E-state index contributed by atoms with van der Waals surface area (Å²) in [6, 6.07) is 3.69. The Kier molecular flexibility index (Phi) is 3.75. The van der Waals surface area contributed by atoms with Gasteiger partial charge in [-0.1, -0.05) is 0 Å². The Balaban J connectivity index is 2.24. The normalized spacial score (nSPS) is 9.31. The van der Waals surface area contributed by atoms with Gasteiger partial charge in [0.05, 0.1) is 13.5 Å². The third-order valence-corrected chi connectivity index (χ3v) is 1.57. The number of carbonyl (C=O) groups excluding carboxylic acids is 1. The van der Waals surface area contributed by atoms with Crippen LogP contribution in [0.3, 0.4) is 0 Å². The SMILES string of the molecule is COC(=O)CCNc1ccncc1. The van der Waals surface area contributed by atoms with Gasteiger partial charge in [-0.2, -0.15) is 0 Å². The van der Waals surface area contributed by atoms with Crippen molar-refractivity contribution in [1.82, 2.24) is 4.98 Å². The molecule has 0 aromatic carbocycles. The van der Waals surface area contributed by atoms with Crippen LogP contribution < -0.4 is 5.32 Å². The summed E-state index contributed by atoms with van der Waals surface area (Å²) in [5, 5.41) is 3.07. The Labute approximate surface area is 76.9 Å². The van der Waals surface area contributed by atoms with E-state index in [0.717, 1.165) is 5.69 Å². The molecule has 0 aliphatic heterocycles. The first kappa shape index (κ1) is 9.51. The molecule has 0 bridgehead atoms. The fraction of sp³-hybridized carbons (Fsp3) is 0.333. The summed E-state index contributed by atoms with van der Waals surface area (Å²) >= 11 is 0. The number of hydrogen-bond donors (Lipinski definition) is 1. The highest BCUT2D eigenvalue weighted by Gasteiger charge is 1.98. The number of esters is 1. The zero-order chi connectivity index (χ0) is 9.52. The molecule has 0 spiro atoms. The standard InChI is InChI=1S/C9H12N2O2/c1-13-9(12)4-7-11-8-2-5-10-6-3-8/h2-3,5-6H,4,7H2,1H3,(H,10,11). The number of pyridine rings is 1. The molecule has 0 aliphatic rings. The fourth-order valence-electron chi connectivity index (χ4n) is 0.881. The van der Waals surface area contributed by atoms with Crippen LogP contribution in [0.25, 0.3) is 0 Å². The minimum absolute atomic E-state index is 0.207.